The number of benzene rings is 8. The highest BCUT2D eigenvalue weighted by Crippen LogP contribution is 2.39. The van der Waals surface area contributed by atoms with Crippen molar-refractivity contribution in [2.45, 2.75) is 0 Å². The number of hydrogen-bond donors (Lipinski definition) is 0. The van der Waals surface area contributed by atoms with E-state index >= 15 is 0 Å². The van der Waals surface area contributed by atoms with Gasteiger partial charge in [0.1, 0.15) is 11.2 Å². The van der Waals surface area contributed by atoms with Crippen molar-refractivity contribution in [2.75, 3.05) is 0 Å². The van der Waals surface area contributed by atoms with Gasteiger partial charge < -0.3 is 4.42 Å². The van der Waals surface area contributed by atoms with E-state index in [1.54, 1.807) is 0 Å². The summed E-state index contributed by atoms with van der Waals surface area (Å²) in [6.07, 6.45) is 0. The Labute approximate surface area is 319 Å². The Kier molecular flexibility index (Phi) is 8.12. The summed E-state index contributed by atoms with van der Waals surface area (Å²) in [5.74, 6) is 1.82. The van der Waals surface area contributed by atoms with Crippen LogP contribution in [0.2, 0.25) is 0 Å². The van der Waals surface area contributed by atoms with E-state index in [1.165, 1.54) is 16.7 Å². The summed E-state index contributed by atoms with van der Waals surface area (Å²) in [6, 6.07) is 69.4. The second kappa shape index (κ2) is 13.8. The van der Waals surface area contributed by atoms with Gasteiger partial charge in [0.05, 0.1) is 0 Å². The molecule has 0 saturated heterocycles. The zero-order chi connectivity index (χ0) is 36.6. The Balaban J connectivity index is 1.08. The van der Waals surface area contributed by atoms with E-state index in [9.17, 15) is 0 Å². The molecule has 8 aromatic carbocycles. The maximum absolute atomic E-state index is 6.47. The SMILES string of the molecule is c1ccc(-c2ccc(-c3cccc(-c4ccc5oc6cccc(-c7nc(-c8ccccc8)nc(-c8cccc(-c9ccccc9)c8)n7)c6c5c4)c3)cc2)cc1. The zero-order valence-corrected chi connectivity index (χ0v) is 29.8. The molecule has 0 bridgehead atoms. The summed E-state index contributed by atoms with van der Waals surface area (Å²) >= 11 is 0. The highest BCUT2D eigenvalue weighted by atomic mass is 16.3. The van der Waals surface area contributed by atoms with E-state index in [0.717, 1.165) is 66.4 Å². The fourth-order valence-electron chi connectivity index (χ4n) is 7.37. The molecule has 0 saturated carbocycles. The van der Waals surface area contributed by atoms with Gasteiger partial charge in [-0.3, -0.25) is 0 Å². The summed E-state index contributed by atoms with van der Waals surface area (Å²) < 4.78 is 6.47. The van der Waals surface area contributed by atoms with Crippen LogP contribution in [-0.2, 0) is 0 Å². The first-order valence-corrected chi connectivity index (χ1v) is 18.4. The van der Waals surface area contributed by atoms with Crippen LogP contribution in [-0.4, -0.2) is 15.0 Å². The van der Waals surface area contributed by atoms with Crippen LogP contribution in [0, 0.1) is 0 Å². The molecule has 0 aliphatic heterocycles. The molecule has 0 radical (unpaired) electrons. The van der Waals surface area contributed by atoms with Crippen LogP contribution in [0.1, 0.15) is 0 Å². The lowest BCUT2D eigenvalue weighted by atomic mass is 9.96. The van der Waals surface area contributed by atoms with Gasteiger partial charge in [-0.05, 0) is 74.8 Å². The Morgan fingerprint density at radius 3 is 1.35 bits per heavy atom. The first kappa shape index (κ1) is 32.2. The lowest BCUT2D eigenvalue weighted by Crippen LogP contribution is -2.00. The highest BCUT2D eigenvalue weighted by molar-refractivity contribution is 6.12. The van der Waals surface area contributed by atoms with Crippen LogP contribution in [0.15, 0.2) is 205 Å². The van der Waals surface area contributed by atoms with E-state index in [4.69, 9.17) is 19.4 Å². The largest absolute Gasteiger partial charge is 0.456 e. The summed E-state index contributed by atoms with van der Waals surface area (Å²) in [7, 11) is 0. The van der Waals surface area contributed by atoms with Gasteiger partial charge in [0, 0.05) is 27.5 Å². The van der Waals surface area contributed by atoms with Gasteiger partial charge in [0.25, 0.3) is 0 Å². The Morgan fingerprint density at radius 2 is 0.691 bits per heavy atom. The Bertz CT molecular complexity index is 2950. The van der Waals surface area contributed by atoms with Crippen molar-refractivity contribution in [1.29, 1.82) is 0 Å². The number of nitrogens with zero attached hydrogens (tertiary/aromatic N) is 3. The molecule has 0 aliphatic rings. The van der Waals surface area contributed by atoms with Crippen molar-refractivity contribution < 1.29 is 4.42 Å². The molecule has 0 spiro atoms. The number of furan rings is 1. The molecular weight excluding hydrogens is 671 g/mol. The minimum Gasteiger partial charge on any atom is -0.456 e. The molecule has 2 heterocycles. The maximum atomic E-state index is 6.47. The molecule has 4 nitrogen and oxygen atoms in total. The minimum absolute atomic E-state index is 0.591. The zero-order valence-electron chi connectivity index (χ0n) is 29.8. The average Bonchev–Trinajstić information content (AvgIpc) is 3.66. The molecule has 0 atom stereocenters. The maximum Gasteiger partial charge on any atom is 0.164 e. The van der Waals surface area contributed by atoms with E-state index in [1.807, 2.05) is 54.6 Å². The second-order valence-corrected chi connectivity index (χ2v) is 13.6. The quantitative estimate of drug-likeness (QED) is 0.166. The number of aromatic nitrogens is 3. The normalized spacial score (nSPS) is 11.3. The van der Waals surface area contributed by atoms with E-state index < -0.39 is 0 Å². The Morgan fingerprint density at radius 1 is 0.273 bits per heavy atom. The molecular formula is C51H33N3O. The molecule has 55 heavy (non-hydrogen) atoms. The van der Waals surface area contributed by atoms with Crippen LogP contribution in [0.3, 0.4) is 0 Å². The van der Waals surface area contributed by atoms with Gasteiger partial charge in [-0.15, -0.1) is 0 Å². The molecule has 10 rings (SSSR count). The standard InChI is InChI=1S/C51H33N3O/c1-4-13-34(14-5-1)36-25-27-37(28-26-36)39-19-10-21-41(31-39)42-29-30-46-45(33-42)48-44(23-12-24-47(48)55-46)51-53-49(38-17-8-3-9-18-38)52-50(54-51)43-22-11-20-40(32-43)35-15-6-2-7-16-35/h1-33H. The number of hydrogen-bond acceptors (Lipinski definition) is 4. The molecule has 10 aromatic rings. The van der Waals surface area contributed by atoms with Gasteiger partial charge in [-0.25, -0.2) is 15.0 Å². The predicted octanol–water partition coefficient (Wildman–Crippen LogP) is 13.4. The van der Waals surface area contributed by atoms with Crippen molar-refractivity contribution >= 4 is 21.9 Å². The lowest BCUT2D eigenvalue weighted by molar-refractivity contribution is 0.669. The van der Waals surface area contributed by atoms with Gasteiger partial charge in [0.2, 0.25) is 0 Å². The minimum atomic E-state index is 0.591. The molecule has 0 fully saturated rings. The lowest BCUT2D eigenvalue weighted by Gasteiger charge is -2.10. The third-order valence-electron chi connectivity index (χ3n) is 10.2. The van der Waals surface area contributed by atoms with Crippen LogP contribution in [0.25, 0.3) is 101 Å². The van der Waals surface area contributed by atoms with Gasteiger partial charge in [-0.1, -0.05) is 170 Å². The summed E-state index contributed by atoms with van der Waals surface area (Å²) in [5.41, 5.74) is 13.6. The van der Waals surface area contributed by atoms with Gasteiger partial charge in [0.15, 0.2) is 17.5 Å². The fraction of sp³-hybridized carbons (Fsp3) is 0. The van der Waals surface area contributed by atoms with E-state index in [-0.39, 0.29) is 0 Å². The predicted molar refractivity (Wildman–Crippen MR) is 225 cm³/mol. The smallest absolute Gasteiger partial charge is 0.164 e. The summed E-state index contributed by atoms with van der Waals surface area (Å²) in [4.78, 5) is 15.3. The van der Waals surface area contributed by atoms with E-state index in [2.05, 4.69) is 146 Å². The van der Waals surface area contributed by atoms with Crippen LogP contribution < -0.4 is 0 Å². The van der Waals surface area contributed by atoms with Crippen LogP contribution >= 0.6 is 0 Å². The first-order valence-electron chi connectivity index (χ1n) is 18.4. The third kappa shape index (κ3) is 6.26. The molecule has 0 unspecified atom stereocenters. The monoisotopic (exact) mass is 703 g/mol. The number of rotatable bonds is 7. The summed E-state index contributed by atoms with van der Waals surface area (Å²) in [6.45, 7) is 0. The second-order valence-electron chi connectivity index (χ2n) is 13.6. The molecule has 4 heteroatoms. The highest BCUT2D eigenvalue weighted by Gasteiger charge is 2.19. The van der Waals surface area contributed by atoms with Crippen molar-refractivity contribution in [1.82, 2.24) is 15.0 Å². The van der Waals surface area contributed by atoms with Crippen molar-refractivity contribution in [2.24, 2.45) is 0 Å². The summed E-state index contributed by atoms with van der Waals surface area (Å²) in [5, 5.41) is 1.98. The van der Waals surface area contributed by atoms with Crippen molar-refractivity contribution in [3.63, 3.8) is 0 Å². The molecule has 0 N–H and O–H groups in total. The van der Waals surface area contributed by atoms with Crippen LogP contribution in [0.4, 0.5) is 0 Å². The first-order chi connectivity index (χ1) is 27.2. The molecule has 0 amide bonds. The van der Waals surface area contributed by atoms with Crippen molar-refractivity contribution in [3.05, 3.63) is 200 Å². The molecule has 258 valence electrons. The fourth-order valence-corrected chi connectivity index (χ4v) is 7.37. The van der Waals surface area contributed by atoms with Crippen molar-refractivity contribution in [3.8, 4) is 78.7 Å². The average molecular weight is 704 g/mol. The topological polar surface area (TPSA) is 51.8 Å². The molecule has 2 aromatic heterocycles. The third-order valence-corrected chi connectivity index (χ3v) is 10.2. The van der Waals surface area contributed by atoms with E-state index in [0.29, 0.717) is 17.5 Å². The number of fused-ring (bicyclic) bond motifs is 3. The Hall–Kier alpha value is -7.43. The molecule has 0 aliphatic carbocycles. The van der Waals surface area contributed by atoms with Crippen LogP contribution in [0.5, 0.6) is 0 Å². The van der Waals surface area contributed by atoms with Gasteiger partial charge in [-0.2, -0.15) is 0 Å². The van der Waals surface area contributed by atoms with Gasteiger partial charge >= 0.3 is 0 Å².